The number of aromatic nitrogens is 1. The van der Waals surface area contributed by atoms with E-state index in [-0.39, 0.29) is 5.91 Å². The van der Waals surface area contributed by atoms with Crippen LogP contribution in [0.3, 0.4) is 0 Å². The van der Waals surface area contributed by atoms with Gasteiger partial charge in [-0.1, -0.05) is 66.6 Å². The number of benzene rings is 3. The summed E-state index contributed by atoms with van der Waals surface area (Å²) in [6, 6.07) is 26.1. The van der Waals surface area contributed by atoms with Gasteiger partial charge in [0, 0.05) is 21.7 Å². The lowest BCUT2D eigenvalue weighted by atomic mass is 9.98. The summed E-state index contributed by atoms with van der Waals surface area (Å²) in [5.74, 6) is 0.0366. The minimum atomic E-state index is 0.0366. The van der Waals surface area contributed by atoms with Gasteiger partial charge in [-0.3, -0.25) is 9.69 Å². The van der Waals surface area contributed by atoms with Gasteiger partial charge in [-0.15, -0.1) is 0 Å². The van der Waals surface area contributed by atoms with Crippen molar-refractivity contribution in [2.75, 3.05) is 25.0 Å². The van der Waals surface area contributed by atoms with E-state index in [0.717, 1.165) is 52.1 Å². The Bertz CT molecular complexity index is 1270. The fourth-order valence-electron chi connectivity index (χ4n) is 4.45. The highest BCUT2D eigenvalue weighted by molar-refractivity contribution is 6.31. The molecule has 0 aliphatic carbocycles. The van der Waals surface area contributed by atoms with Crippen LogP contribution in [0.1, 0.15) is 19.3 Å². The molecule has 0 bridgehead atoms. The summed E-state index contributed by atoms with van der Waals surface area (Å²) < 4.78 is 0. The number of carbonyl (C=O) groups is 1. The van der Waals surface area contributed by atoms with Crippen molar-refractivity contribution in [1.29, 1.82) is 0 Å². The summed E-state index contributed by atoms with van der Waals surface area (Å²) in [5, 5.41) is 4.75. The quantitative estimate of drug-likeness (QED) is 0.366. The predicted octanol–water partition coefficient (Wildman–Crippen LogP) is 6.65. The first-order valence-electron chi connectivity index (χ1n) is 11.4. The van der Waals surface area contributed by atoms with Crippen LogP contribution in [0.5, 0.6) is 0 Å². The van der Waals surface area contributed by atoms with Crippen molar-refractivity contribution in [3.8, 4) is 22.4 Å². The first-order chi connectivity index (χ1) is 16.2. The van der Waals surface area contributed by atoms with E-state index in [9.17, 15) is 4.79 Å². The first-order valence-corrected chi connectivity index (χ1v) is 11.8. The molecule has 1 N–H and O–H groups in total. The molecule has 4 aromatic rings. The van der Waals surface area contributed by atoms with Gasteiger partial charge >= 0.3 is 0 Å². The van der Waals surface area contributed by atoms with E-state index in [2.05, 4.69) is 28.4 Å². The minimum Gasteiger partial charge on any atom is -0.325 e. The predicted molar refractivity (Wildman–Crippen MR) is 137 cm³/mol. The van der Waals surface area contributed by atoms with Crippen molar-refractivity contribution in [1.82, 2.24) is 9.88 Å². The van der Waals surface area contributed by atoms with Gasteiger partial charge in [-0.05, 0) is 67.4 Å². The Kier molecular flexibility index (Phi) is 6.38. The van der Waals surface area contributed by atoms with Crippen LogP contribution in [0.4, 0.5) is 5.69 Å². The Morgan fingerprint density at radius 3 is 2.39 bits per heavy atom. The Hall–Kier alpha value is -3.21. The Morgan fingerprint density at radius 2 is 1.64 bits per heavy atom. The summed E-state index contributed by atoms with van der Waals surface area (Å²) in [7, 11) is 0. The molecule has 1 saturated heterocycles. The number of rotatable bonds is 5. The molecule has 1 aromatic heterocycles. The van der Waals surface area contributed by atoms with Crippen LogP contribution in [-0.4, -0.2) is 35.4 Å². The molecular weight excluding hydrogens is 430 g/mol. The zero-order valence-electron chi connectivity index (χ0n) is 18.4. The molecule has 1 amide bonds. The molecule has 1 aliphatic rings. The number of likely N-dealkylation sites (tertiary alicyclic amines) is 1. The third kappa shape index (κ3) is 5.08. The Balaban J connectivity index is 1.41. The van der Waals surface area contributed by atoms with E-state index in [4.69, 9.17) is 16.6 Å². The average molecular weight is 456 g/mol. The van der Waals surface area contributed by atoms with E-state index < -0.39 is 0 Å². The Morgan fingerprint density at radius 1 is 0.879 bits per heavy atom. The zero-order valence-corrected chi connectivity index (χ0v) is 19.2. The molecule has 0 unspecified atom stereocenters. The number of halogens is 1. The van der Waals surface area contributed by atoms with Crippen molar-refractivity contribution >= 4 is 34.1 Å². The second kappa shape index (κ2) is 9.74. The van der Waals surface area contributed by atoms with Crippen molar-refractivity contribution in [2.45, 2.75) is 19.3 Å². The van der Waals surface area contributed by atoms with E-state index in [0.29, 0.717) is 11.6 Å². The van der Waals surface area contributed by atoms with Crippen LogP contribution >= 0.6 is 11.6 Å². The standard InChI is InChI=1S/C28H26ClN3O/c29-22-11-14-24-25(20-7-3-1-4-8-20)18-26(31-27(24)17-22)21-9-12-23(13-10-21)30-28(33)19-32-15-5-2-6-16-32/h1,3-4,7-14,17-18H,2,5-6,15-16,19H2,(H,30,33). The number of hydrogen-bond acceptors (Lipinski definition) is 3. The van der Waals surface area contributed by atoms with Gasteiger partial charge in [0.15, 0.2) is 0 Å². The van der Waals surface area contributed by atoms with Crippen molar-refractivity contribution in [2.24, 2.45) is 0 Å². The van der Waals surface area contributed by atoms with Crippen LogP contribution in [0.25, 0.3) is 33.3 Å². The molecule has 1 aliphatic heterocycles. The maximum Gasteiger partial charge on any atom is 0.238 e. The lowest BCUT2D eigenvalue weighted by molar-refractivity contribution is -0.117. The maximum atomic E-state index is 12.4. The van der Waals surface area contributed by atoms with Crippen molar-refractivity contribution in [3.63, 3.8) is 0 Å². The van der Waals surface area contributed by atoms with Crippen LogP contribution in [0.2, 0.25) is 5.02 Å². The maximum absolute atomic E-state index is 12.4. The molecule has 4 nitrogen and oxygen atoms in total. The van der Waals surface area contributed by atoms with Gasteiger partial charge in [0.25, 0.3) is 0 Å². The number of carbonyl (C=O) groups excluding carboxylic acids is 1. The minimum absolute atomic E-state index is 0.0366. The van der Waals surface area contributed by atoms with Crippen LogP contribution in [0, 0.1) is 0 Å². The van der Waals surface area contributed by atoms with Gasteiger partial charge in [0.2, 0.25) is 5.91 Å². The Labute approximate surface area is 199 Å². The van der Waals surface area contributed by atoms with Crippen LogP contribution in [0.15, 0.2) is 78.9 Å². The number of hydrogen-bond donors (Lipinski definition) is 1. The fraction of sp³-hybridized carbons (Fsp3) is 0.214. The molecule has 166 valence electrons. The number of amides is 1. The van der Waals surface area contributed by atoms with Gasteiger partial charge in [-0.2, -0.15) is 0 Å². The van der Waals surface area contributed by atoms with Crippen LogP contribution in [-0.2, 0) is 4.79 Å². The normalized spacial score (nSPS) is 14.3. The third-order valence-electron chi connectivity index (χ3n) is 6.14. The van der Waals surface area contributed by atoms with Gasteiger partial charge < -0.3 is 5.32 Å². The molecule has 33 heavy (non-hydrogen) atoms. The lowest BCUT2D eigenvalue weighted by Gasteiger charge is -2.25. The van der Waals surface area contributed by atoms with Gasteiger partial charge in [0.1, 0.15) is 0 Å². The molecule has 0 spiro atoms. The monoisotopic (exact) mass is 455 g/mol. The molecule has 5 rings (SSSR count). The number of nitrogens with zero attached hydrogens (tertiary/aromatic N) is 2. The second-order valence-electron chi connectivity index (χ2n) is 8.54. The number of fused-ring (bicyclic) bond motifs is 1. The van der Waals surface area contributed by atoms with E-state index in [1.54, 1.807) is 0 Å². The molecule has 5 heteroatoms. The molecule has 2 heterocycles. The topological polar surface area (TPSA) is 45.2 Å². The molecule has 1 fully saturated rings. The zero-order chi connectivity index (χ0) is 22.6. The summed E-state index contributed by atoms with van der Waals surface area (Å²) in [6.45, 7) is 2.47. The number of piperidine rings is 1. The summed E-state index contributed by atoms with van der Waals surface area (Å²) in [6.07, 6.45) is 3.62. The molecule has 0 atom stereocenters. The lowest BCUT2D eigenvalue weighted by Crippen LogP contribution is -2.36. The second-order valence-corrected chi connectivity index (χ2v) is 8.98. The highest BCUT2D eigenvalue weighted by atomic mass is 35.5. The fourth-order valence-corrected chi connectivity index (χ4v) is 4.62. The van der Waals surface area contributed by atoms with Gasteiger partial charge in [0.05, 0.1) is 17.8 Å². The van der Waals surface area contributed by atoms with Crippen LogP contribution < -0.4 is 5.32 Å². The number of nitrogens with one attached hydrogen (secondary N) is 1. The average Bonchev–Trinajstić information content (AvgIpc) is 2.85. The molecule has 3 aromatic carbocycles. The third-order valence-corrected chi connectivity index (χ3v) is 6.37. The number of pyridine rings is 1. The van der Waals surface area contributed by atoms with Crippen molar-refractivity contribution < 1.29 is 4.79 Å². The summed E-state index contributed by atoms with van der Waals surface area (Å²) in [5.41, 5.74) is 5.77. The summed E-state index contributed by atoms with van der Waals surface area (Å²) in [4.78, 5) is 19.5. The van der Waals surface area contributed by atoms with Gasteiger partial charge in [-0.25, -0.2) is 4.98 Å². The molecule has 0 saturated carbocycles. The first kappa shape index (κ1) is 21.6. The highest BCUT2D eigenvalue weighted by Crippen LogP contribution is 2.33. The SMILES string of the molecule is O=C(CN1CCCCC1)Nc1ccc(-c2cc(-c3ccccc3)c3ccc(Cl)cc3n2)cc1. The largest absolute Gasteiger partial charge is 0.325 e. The van der Waals surface area contributed by atoms with E-state index in [1.165, 1.54) is 19.3 Å². The number of anilines is 1. The van der Waals surface area contributed by atoms with E-state index in [1.807, 2.05) is 60.7 Å². The highest BCUT2D eigenvalue weighted by Gasteiger charge is 2.14. The van der Waals surface area contributed by atoms with Crippen molar-refractivity contribution in [3.05, 3.63) is 83.9 Å². The summed E-state index contributed by atoms with van der Waals surface area (Å²) >= 11 is 6.27. The smallest absolute Gasteiger partial charge is 0.238 e. The molecular formula is C28H26ClN3O. The molecule has 0 radical (unpaired) electrons. The van der Waals surface area contributed by atoms with E-state index >= 15 is 0 Å².